The number of amides is 1. The molecule has 0 unspecified atom stereocenters. The average molecular weight is 206 g/mol. The monoisotopic (exact) mass is 206 g/mol. The molecule has 0 bridgehead atoms. The van der Waals surface area contributed by atoms with Gasteiger partial charge in [0.15, 0.2) is 0 Å². The molecular formula is C10H14N4O. The largest absolute Gasteiger partial charge is 0.337 e. The molecule has 1 aliphatic heterocycles. The molecule has 80 valence electrons. The first-order valence-electron chi connectivity index (χ1n) is 5.09. The van der Waals surface area contributed by atoms with Gasteiger partial charge in [0.2, 0.25) is 0 Å². The number of carbonyl (C=O) groups is 1. The molecule has 1 atom stereocenters. The highest BCUT2D eigenvalue weighted by atomic mass is 16.2. The lowest BCUT2D eigenvalue weighted by atomic mass is 10.1. The average Bonchev–Trinajstić information content (AvgIpc) is 2.29. The van der Waals surface area contributed by atoms with Crippen molar-refractivity contribution in [3.05, 3.63) is 24.0 Å². The van der Waals surface area contributed by atoms with Gasteiger partial charge in [0.05, 0.1) is 18.0 Å². The van der Waals surface area contributed by atoms with Gasteiger partial charge in [0.1, 0.15) is 0 Å². The van der Waals surface area contributed by atoms with Gasteiger partial charge >= 0.3 is 0 Å². The van der Waals surface area contributed by atoms with Crippen LogP contribution in [0.25, 0.3) is 0 Å². The molecule has 15 heavy (non-hydrogen) atoms. The second-order valence-corrected chi connectivity index (χ2v) is 3.78. The Morgan fingerprint density at radius 3 is 3.07 bits per heavy atom. The van der Waals surface area contributed by atoms with E-state index in [1.54, 1.807) is 11.0 Å². The number of nitrogens with two attached hydrogens (primary N) is 1. The first kappa shape index (κ1) is 10.0. The molecule has 1 aromatic rings. The lowest BCUT2D eigenvalue weighted by Crippen LogP contribution is -2.45. The van der Waals surface area contributed by atoms with Gasteiger partial charge in [-0.2, -0.15) is 10.2 Å². The molecule has 0 radical (unpaired) electrons. The fourth-order valence-electron chi connectivity index (χ4n) is 1.79. The summed E-state index contributed by atoms with van der Waals surface area (Å²) in [7, 11) is 0. The quantitative estimate of drug-likeness (QED) is 0.704. The summed E-state index contributed by atoms with van der Waals surface area (Å²) in [6.07, 6.45) is 4.99. The molecule has 0 aliphatic carbocycles. The number of aromatic nitrogens is 2. The van der Waals surface area contributed by atoms with Gasteiger partial charge in [0.25, 0.3) is 5.91 Å². The standard InChI is InChI=1S/C10H14N4O/c11-9-2-1-5-14(7-9)10(15)8-3-4-12-13-6-8/h3-4,6,9H,1-2,5,7,11H2/t9-/m0/s1. The van der Waals surface area contributed by atoms with Gasteiger partial charge in [0, 0.05) is 19.1 Å². The first-order valence-corrected chi connectivity index (χ1v) is 5.09. The molecule has 5 nitrogen and oxygen atoms in total. The van der Waals surface area contributed by atoms with Crippen molar-refractivity contribution in [2.24, 2.45) is 5.73 Å². The van der Waals surface area contributed by atoms with Crippen molar-refractivity contribution >= 4 is 5.91 Å². The van der Waals surface area contributed by atoms with Crippen molar-refractivity contribution in [1.82, 2.24) is 15.1 Å². The molecule has 1 amide bonds. The molecule has 1 saturated heterocycles. The van der Waals surface area contributed by atoms with Crippen LogP contribution in [0.3, 0.4) is 0 Å². The third-order valence-corrected chi connectivity index (χ3v) is 2.58. The van der Waals surface area contributed by atoms with Crippen molar-refractivity contribution in [1.29, 1.82) is 0 Å². The summed E-state index contributed by atoms with van der Waals surface area (Å²) in [6, 6.07) is 1.78. The Balaban J connectivity index is 2.08. The van der Waals surface area contributed by atoms with Gasteiger partial charge < -0.3 is 10.6 Å². The van der Waals surface area contributed by atoms with Gasteiger partial charge in [-0.1, -0.05) is 0 Å². The SMILES string of the molecule is N[C@H]1CCCN(C(=O)c2ccnnc2)C1. The van der Waals surface area contributed by atoms with E-state index in [2.05, 4.69) is 10.2 Å². The lowest BCUT2D eigenvalue weighted by Gasteiger charge is -2.30. The summed E-state index contributed by atoms with van der Waals surface area (Å²) < 4.78 is 0. The summed E-state index contributed by atoms with van der Waals surface area (Å²) in [6.45, 7) is 1.43. The van der Waals surface area contributed by atoms with Gasteiger partial charge in [-0.3, -0.25) is 4.79 Å². The number of nitrogens with zero attached hydrogens (tertiary/aromatic N) is 3. The van der Waals surface area contributed by atoms with E-state index in [0.717, 1.165) is 19.4 Å². The Hall–Kier alpha value is -1.49. The van der Waals surface area contributed by atoms with Crippen molar-refractivity contribution in [3.63, 3.8) is 0 Å². The smallest absolute Gasteiger partial charge is 0.255 e. The number of carbonyl (C=O) groups excluding carboxylic acids is 1. The molecule has 1 fully saturated rings. The minimum absolute atomic E-state index is 0.0000463. The van der Waals surface area contributed by atoms with Crippen molar-refractivity contribution in [3.8, 4) is 0 Å². The van der Waals surface area contributed by atoms with Crippen molar-refractivity contribution < 1.29 is 4.79 Å². The second kappa shape index (κ2) is 4.35. The molecule has 5 heteroatoms. The highest BCUT2D eigenvalue weighted by Crippen LogP contribution is 2.11. The number of rotatable bonds is 1. The third-order valence-electron chi connectivity index (χ3n) is 2.58. The van der Waals surface area contributed by atoms with E-state index in [-0.39, 0.29) is 11.9 Å². The van der Waals surface area contributed by atoms with Crippen molar-refractivity contribution in [2.45, 2.75) is 18.9 Å². The molecule has 2 N–H and O–H groups in total. The molecular weight excluding hydrogens is 192 g/mol. The highest BCUT2D eigenvalue weighted by Gasteiger charge is 2.22. The van der Waals surface area contributed by atoms with Crippen LogP contribution in [0.4, 0.5) is 0 Å². The van der Waals surface area contributed by atoms with Crippen LogP contribution in [0.5, 0.6) is 0 Å². The van der Waals surface area contributed by atoms with E-state index in [4.69, 9.17) is 5.73 Å². The van der Waals surface area contributed by atoms with Gasteiger partial charge in [-0.25, -0.2) is 0 Å². The van der Waals surface area contributed by atoms with Crippen molar-refractivity contribution in [2.75, 3.05) is 13.1 Å². The van der Waals surface area contributed by atoms with E-state index in [1.807, 2.05) is 0 Å². The number of piperidine rings is 1. The highest BCUT2D eigenvalue weighted by molar-refractivity contribution is 5.93. The minimum Gasteiger partial charge on any atom is -0.337 e. The molecule has 0 saturated carbocycles. The zero-order valence-electron chi connectivity index (χ0n) is 8.47. The zero-order chi connectivity index (χ0) is 10.7. The van der Waals surface area contributed by atoms with Crippen LogP contribution in [0, 0.1) is 0 Å². The predicted molar refractivity (Wildman–Crippen MR) is 55.1 cm³/mol. The van der Waals surface area contributed by atoms with Gasteiger partial charge in [-0.15, -0.1) is 0 Å². The summed E-state index contributed by atoms with van der Waals surface area (Å²) >= 11 is 0. The fourth-order valence-corrected chi connectivity index (χ4v) is 1.79. The minimum atomic E-state index is 0.0000463. The number of hydrogen-bond acceptors (Lipinski definition) is 4. The predicted octanol–water partition coefficient (Wildman–Crippen LogP) is 0.0399. The molecule has 1 aromatic heterocycles. The van der Waals surface area contributed by atoms with Crippen LogP contribution in [0.15, 0.2) is 18.5 Å². The van der Waals surface area contributed by atoms with Crippen LogP contribution in [0.1, 0.15) is 23.2 Å². The first-order chi connectivity index (χ1) is 7.27. The Kier molecular flexibility index (Phi) is 2.91. The summed E-state index contributed by atoms with van der Waals surface area (Å²) in [5, 5.41) is 7.33. The Labute approximate surface area is 88.3 Å². The van der Waals surface area contributed by atoms with Crippen LogP contribution in [-0.2, 0) is 0 Å². The van der Waals surface area contributed by atoms with E-state index < -0.39 is 0 Å². The third kappa shape index (κ3) is 2.30. The molecule has 2 heterocycles. The lowest BCUT2D eigenvalue weighted by molar-refractivity contribution is 0.0708. The van der Waals surface area contributed by atoms with Gasteiger partial charge in [-0.05, 0) is 18.9 Å². The van der Waals surface area contributed by atoms with E-state index in [9.17, 15) is 4.79 Å². The molecule has 0 aromatic carbocycles. The maximum atomic E-state index is 11.9. The normalized spacial score (nSPS) is 21.4. The Bertz CT molecular complexity index is 341. The van der Waals surface area contributed by atoms with E-state index in [0.29, 0.717) is 12.1 Å². The maximum Gasteiger partial charge on any atom is 0.255 e. The summed E-state index contributed by atoms with van der Waals surface area (Å²) in [5.74, 6) is 0.0000463. The Morgan fingerprint density at radius 2 is 2.40 bits per heavy atom. The topological polar surface area (TPSA) is 72.1 Å². The van der Waals surface area contributed by atoms with E-state index >= 15 is 0 Å². The van der Waals surface area contributed by atoms with Crippen LogP contribution in [0.2, 0.25) is 0 Å². The zero-order valence-corrected chi connectivity index (χ0v) is 8.47. The molecule has 1 aliphatic rings. The maximum absolute atomic E-state index is 11.9. The fraction of sp³-hybridized carbons (Fsp3) is 0.500. The summed E-state index contributed by atoms with van der Waals surface area (Å²) in [5.41, 5.74) is 6.40. The second-order valence-electron chi connectivity index (χ2n) is 3.78. The molecule has 0 spiro atoms. The van der Waals surface area contributed by atoms with Crippen LogP contribution in [-0.4, -0.2) is 40.1 Å². The number of hydrogen-bond donors (Lipinski definition) is 1. The van der Waals surface area contributed by atoms with Crippen LogP contribution >= 0.6 is 0 Å². The Morgan fingerprint density at radius 1 is 1.53 bits per heavy atom. The summed E-state index contributed by atoms with van der Waals surface area (Å²) in [4.78, 5) is 13.7. The van der Waals surface area contributed by atoms with E-state index in [1.165, 1.54) is 12.4 Å². The van der Waals surface area contributed by atoms with Crippen LogP contribution < -0.4 is 5.73 Å². The number of likely N-dealkylation sites (tertiary alicyclic amines) is 1. The molecule has 2 rings (SSSR count).